The van der Waals surface area contributed by atoms with Crippen LogP contribution in [0.1, 0.15) is 41.9 Å². The van der Waals surface area contributed by atoms with Gasteiger partial charge in [-0.25, -0.2) is 4.39 Å². The number of hydrogen-bond donors (Lipinski definition) is 0. The summed E-state index contributed by atoms with van der Waals surface area (Å²) in [5.74, 6) is 0.395. The molecule has 0 bridgehead atoms. The Hall–Kier alpha value is -1.88. The maximum Gasteiger partial charge on any atom is 0.264 e. The van der Waals surface area contributed by atoms with E-state index in [0.717, 1.165) is 42.1 Å². The molecule has 3 heterocycles. The number of carbonyl (C=O) groups is 1. The van der Waals surface area contributed by atoms with Crippen molar-refractivity contribution in [1.82, 2.24) is 4.90 Å². The zero-order valence-corrected chi connectivity index (χ0v) is 16.4. The topological polar surface area (TPSA) is 23.6 Å². The molecule has 2 atom stereocenters. The lowest BCUT2D eigenvalue weighted by atomic mass is 9.89. The molecule has 5 heteroatoms. The monoisotopic (exact) mass is 372 g/mol. The van der Waals surface area contributed by atoms with Gasteiger partial charge in [-0.1, -0.05) is 6.07 Å². The van der Waals surface area contributed by atoms with Crippen LogP contribution in [0.25, 0.3) is 0 Å². The molecule has 2 fully saturated rings. The first-order valence-corrected chi connectivity index (χ1v) is 10.1. The molecule has 0 N–H and O–H groups in total. The van der Waals surface area contributed by atoms with Gasteiger partial charge in [0.05, 0.1) is 4.88 Å². The first kappa shape index (κ1) is 17.5. The molecule has 0 spiro atoms. The summed E-state index contributed by atoms with van der Waals surface area (Å²) in [5.41, 5.74) is 1.98. The molecule has 2 aromatic rings. The molecule has 1 amide bonds. The third kappa shape index (κ3) is 2.92. The Labute approximate surface area is 158 Å². The summed E-state index contributed by atoms with van der Waals surface area (Å²) in [7, 11) is 0. The quantitative estimate of drug-likeness (QED) is 0.762. The first-order chi connectivity index (χ1) is 12.4. The largest absolute Gasteiger partial charge is 0.363 e. The highest BCUT2D eigenvalue weighted by molar-refractivity contribution is 7.12. The fourth-order valence-corrected chi connectivity index (χ4v) is 5.73. The van der Waals surface area contributed by atoms with Gasteiger partial charge in [-0.2, -0.15) is 0 Å². The van der Waals surface area contributed by atoms with E-state index < -0.39 is 0 Å². The van der Waals surface area contributed by atoms with Crippen LogP contribution in [0.15, 0.2) is 35.7 Å². The molecule has 0 saturated carbocycles. The molecule has 138 valence electrons. The van der Waals surface area contributed by atoms with Crippen LogP contribution in [0.5, 0.6) is 0 Å². The first-order valence-electron chi connectivity index (χ1n) is 9.25. The summed E-state index contributed by atoms with van der Waals surface area (Å²) in [5, 5.41) is 1.99. The molecule has 0 aliphatic carbocycles. The summed E-state index contributed by atoms with van der Waals surface area (Å²) in [6.07, 6.45) is 1.95. The van der Waals surface area contributed by atoms with Crippen LogP contribution in [0.4, 0.5) is 10.1 Å². The smallest absolute Gasteiger partial charge is 0.264 e. The van der Waals surface area contributed by atoms with Crippen molar-refractivity contribution in [2.75, 3.05) is 18.0 Å². The van der Waals surface area contributed by atoms with Crippen molar-refractivity contribution < 1.29 is 9.18 Å². The van der Waals surface area contributed by atoms with E-state index in [9.17, 15) is 9.18 Å². The lowest BCUT2D eigenvalue weighted by Crippen LogP contribution is -2.50. The van der Waals surface area contributed by atoms with E-state index in [0.29, 0.717) is 12.0 Å². The maximum absolute atomic E-state index is 13.8. The van der Waals surface area contributed by atoms with Crippen molar-refractivity contribution in [2.24, 2.45) is 5.92 Å². The third-order valence-electron chi connectivity index (χ3n) is 5.87. The predicted molar refractivity (Wildman–Crippen MR) is 104 cm³/mol. The molecule has 0 radical (unpaired) electrons. The number of thiophene rings is 1. The van der Waals surface area contributed by atoms with Crippen molar-refractivity contribution in [3.05, 3.63) is 52.0 Å². The summed E-state index contributed by atoms with van der Waals surface area (Å²) < 4.78 is 13.8. The second-order valence-electron chi connectivity index (χ2n) is 8.17. The fourth-order valence-electron chi connectivity index (χ4n) is 4.84. The molecule has 2 saturated heterocycles. The number of aryl methyl sites for hydroxylation is 1. The zero-order chi connectivity index (χ0) is 18.5. The Kier molecular flexibility index (Phi) is 4.30. The van der Waals surface area contributed by atoms with Gasteiger partial charge in [0, 0.05) is 30.4 Å². The number of piperidine rings is 1. The average molecular weight is 373 g/mol. The average Bonchev–Trinajstić information content (AvgIpc) is 3.12. The van der Waals surface area contributed by atoms with Gasteiger partial charge in [-0.15, -0.1) is 11.3 Å². The molecular formula is C21H25FN2OS. The number of rotatable bonds is 2. The van der Waals surface area contributed by atoms with E-state index in [1.165, 1.54) is 17.4 Å². The van der Waals surface area contributed by atoms with Gasteiger partial charge in [0.1, 0.15) is 5.82 Å². The van der Waals surface area contributed by atoms with Gasteiger partial charge < -0.3 is 9.80 Å². The molecule has 1 aromatic carbocycles. The molecule has 1 aromatic heterocycles. The van der Waals surface area contributed by atoms with E-state index in [-0.39, 0.29) is 17.3 Å². The Morgan fingerprint density at radius 2 is 2.12 bits per heavy atom. The van der Waals surface area contributed by atoms with Crippen LogP contribution in [-0.2, 0) is 0 Å². The van der Waals surface area contributed by atoms with Crippen LogP contribution in [-0.4, -0.2) is 35.5 Å². The van der Waals surface area contributed by atoms with E-state index >= 15 is 0 Å². The van der Waals surface area contributed by atoms with Gasteiger partial charge in [0.15, 0.2) is 0 Å². The molecule has 2 aliphatic heterocycles. The summed E-state index contributed by atoms with van der Waals surface area (Å²) in [6, 6.07) is 9.28. The van der Waals surface area contributed by atoms with E-state index in [1.54, 1.807) is 12.1 Å². The highest BCUT2D eigenvalue weighted by atomic mass is 32.1. The number of amides is 1. The van der Waals surface area contributed by atoms with Crippen LogP contribution < -0.4 is 4.90 Å². The SMILES string of the molecule is Cc1ccsc1C(=O)N1CC[C@H]2[C@@H](C1)CC(C)(C)N2c1cccc(F)c1. The van der Waals surface area contributed by atoms with Gasteiger partial charge >= 0.3 is 0 Å². The van der Waals surface area contributed by atoms with Crippen LogP contribution in [0, 0.1) is 18.7 Å². The number of nitrogens with zero attached hydrogens (tertiary/aromatic N) is 2. The number of anilines is 1. The summed E-state index contributed by atoms with van der Waals surface area (Å²) >= 11 is 1.53. The number of carbonyl (C=O) groups excluding carboxylic acids is 1. The van der Waals surface area contributed by atoms with Crippen LogP contribution in [0.2, 0.25) is 0 Å². The van der Waals surface area contributed by atoms with Gasteiger partial charge in [0.2, 0.25) is 0 Å². The molecule has 26 heavy (non-hydrogen) atoms. The molecular weight excluding hydrogens is 347 g/mol. The number of benzene rings is 1. The van der Waals surface area contributed by atoms with Crippen molar-refractivity contribution in [1.29, 1.82) is 0 Å². The Morgan fingerprint density at radius 1 is 1.31 bits per heavy atom. The minimum Gasteiger partial charge on any atom is -0.363 e. The molecule has 0 unspecified atom stereocenters. The zero-order valence-electron chi connectivity index (χ0n) is 15.5. The van der Waals surface area contributed by atoms with Crippen molar-refractivity contribution in [3.63, 3.8) is 0 Å². The van der Waals surface area contributed by atoms with Gasteiger partial charge in [0.25, 0.3) is 5.91 Å². The number of halogens is 1. The van der Waals surface area contributed by atoms with E-state index in [2.05, 4.69) is 18.7 Å². The predicted octanol–water partition coefficient (Wildman–Crippen LogP) is 4.72. The maximum atomic E-state index is 13.8. The third-order valence-corrected chi connectivity index (χ3v) is 6.87. The van der Waals surface area contributed by atoms with E-state index in [1.807, 2.05) is 29.3 Å². The minimum absolute atomic E-state index is 0.0406. The summed E-state index contributed by atoms with van der Waals surface area (Å²) in [4.78, 5) is 18.2. The van der Waals surface area contributed by atoms with Crippen molar-refractivity contribution in [2.45, 2.75) is 45.2 Å². The highest BCUT2D eigenvalue weighted by Gasteiger charge is 2.48. The Bertz CT molecular complexity index is 831. The van der Waals surface area contributed by atoms with Crippen LogP contribution >= 0.6 is 11.3 Å². The van der Waals surface area contributed by atoms with Crippen molar-refractivity contribution in [3.8, 4) is 0 Å². The molecule has 2 aliphatic rings. The van der Waals surface area contributed by atoms with Crippen molar-refractivity contribution >= 4 is 22.9 Å². The Morgan fingerprint density at radius 3 is 2.81 bits per heavy atom. The number of hydrogen-bond acceptors (Lipinski definition) is 3. The van der Waals surface area contributed by atoms with Gasteiger partial charge in [-0.3, -0.25) is 4.79 Å². The number of fused-ring (bicyclic) bond motifs is 1. The highest BCUT2D eigenvalue weighted by Crippen LogP contribution is 2.45. The normalized spacial score (nSPS) is 24.6. The number of likely N-dealkylation sites (tertiary alicyclic amines) is 1. The fraction of sp³-hybridized carbons (Fsp3) is 0.476. The minimum atomic E-state index is -0.192. The van der Waals surface area contributed by atoms with Gasteiger partial charge in [-0.05, 0) is 74.7 Å². The lowest BCUT2D eigenvalue weighted by molar-refractivity contribution is 0.0672. The lowest BCUT2D eigenvalue weighted by Gasteiger charge is -2.41. The standard InChI is InChI=1S/C21H25FN2OS/c1-14-8-10-26-19(14)20(25)23-9-7-18-15(13-23)12-21(2,3)24(18)17-6-4-5-16(22)11-17/h4-6,8,10-11,15,18H,7,9,12-13H2,1-3H3/t15-,18+/m1/s1. The molecule has 4 rings (SSSR count). The second-order valence-corrected chi connectivity index (χ2v) is 9.08. The molecule has 3 nitrogen and oxygen atoms in total. The second kappa shape index (κ2) is 6.38. The Balaban J connectivity index is 1.57. The van der Waals surface area contributed by atoms with Crippen LogP contribution in [0.3, 0.4) is 0 Å². The van der Waals surface area contributed by atoms with E-state index in [4.69, 9.17) is 0 Å². The summed E-state index contributed by atoms with van der Waals surface area (Å²) in [6.45, 7) is 8.01.